The second kappa shape index (κ2) is 7.02. The number of hydrogen-bond donors (Lipinski definition) is 1. The third-order valence-corrected chi connectivity index (χ3v) is 6.11. The van der Waals surface area contributed by atoms with E-state index >= 15 is 0 Å². The SMILES string of the molecule is CCCC1CCC2CC(c3ccc(C(=O)O)cc3F)CCC2C1. The summed E-state index contributed by atoms with van der Waals surface area (Å²) in [6.07, 6.45) is 9.96. The minimum absolute atomic E-state index is 0.0417. The Bertz CT molecular complexity index is 569. The summed E-state index contributed by atoms with van der Waals surface area (Å²) in [7, 11) is 0. The lowest BCUT2D eigenvalue weighted by atomic mass is 9.63. The molecular formula is C20H27FO2. The Hall–Kier alpha value is -1.38. The molecule has 4 unspecified atom stereocenters. The van der Waals surface area contributed by atoms with Gasteiger partial charge in [-0.05, 0) is 73.5 Å². The Balaban J connectivity index is 1.67. The second-order valence-electron chi connectivity index (χ2n) is 7.54. The molecule has 2 aliphatic rings. The van der Waals surface area contributed by atoms with E-state index in [1.807, 2.05) is 0 Å². The zero-order valence-corrected chi connectivity index (χ0v) is 13.9. The highest BCUT2D eigenvalue weighted by atomic mass is 19.1. The van der Waals surface area contributed by atoms with Crippen LogP contribution in [0.5, 0.6) is 0 Å². The Labute approximate surface area is 138 Å². The van der Waals surface area contributed by atoms with E-state index in [0.29, 0.717) is 0 Å². The quantitative estimate of drug-likeness (QED) is 0.782. The molecule has 2 nitrogen and oxygen atoms in total. The molecule has 1 aromatic carbocycles. The lowest BCUT2D eigenvalue weighted by Gasteiger charge is -2.42. The minimum Gasteiger partial charge on any atom is -0.478 e. The van der Waals surface area contributed by atoms with Crippen molar-refractivity contribution in [3.63, 3.8) is 0 Å². The molecule has 4 atom stereocenters. The molecule has 0 aliphatic heterocycles. The van der Waals surface area contributed by atoms with E-state index in [0.717, 1.165) is 36.2 Å². The number of aromatic carboxylic acids is 1. The zero-order chi connectivity index (χ0) is 16.4. The molecule has 2 saturated carbocycles. The van der Waals surface area contributed by atoms with Crippen LogP contribution in [0.2, 0.25) is 0 Å². The van der Waals surface area contributed by atoms with Crippen LogP contribution in [0.25, 0.3) is 0 Å². The van der Waals surface area contributed by atoms with Gasteiger partial charge < -0.3 is 5.11 Å². The number of rotatable bonds is 4. The smallest absolute Gasteiger partial charge is 0.335 e. The Morgan fingerprint density at radius 2 is 1.91 bits per heavy atom. The van der Waals surface area contributed by atoms with Crippen molar-refractivity contribution in [2.24, 2.45) is 17.8 Å². The van der Waals surface area contributed by atoms with Crippen molar-refractivity contribution >= 4 is 5.97 Å². The van der Waals surface area contributed by atoms with Crippen molar-refractivity contribution in [3.05, 3.63) is 35.1 Å². The van der Waals surface area contributed by atoms with Crippen molar-refractivity contribution in [2.75, 3.05) is 0 Å². The number of carboxylic acid groups (broad SMARTS) is 1. The van der Waals surface area contributed by atoms with Gasteiger partial charge in [-0.1, -0.05) is 32.3 Å². The van der Waals surface area contributed by atoms with Crippen LogP contribution in [0.4, 0.5) is 4.39 Å². The molecule has 23 heavy (non-hydrogen) atoms. The molecule has 0 aromatic heterocycles. The van der Waals surface area contributed by atoms with E-state index in [2.05, 4.69) is 6.92 Å². The zero-order valence-electron chi connectivity index (χ0n) is 13.9. The van der Waals surface area contributed by atoms with E-state index in [-0.39, 0.29) is 17.3 Å². The van der Waals surface area contributed by atoms with Gasteiger partial charge in [-0.3, -0.25) is 0 Å². The van der Waals surface area contributed by atoms with Crippen LogP contribution in [0.15, 0.2) is 18.2 Å². The largest absolute Gasteiger partial charge is 0.478 e. The number of halogens is 1. The van der Waals surface area contributed by atoms with Crippen LogP contribution < -0.4 is 0 Å². The summed E-state index contributed by atoms with van der Waals surface area (Å²) in [6, 6.07) is 4.43. The van der Waals surface area contributed by atoms with E-state index < -0.39 is 5.97 Å². The van der Waals surface area contributed by atoms with Crippen molar-refractivity contribution in [1.29, 1.82) is 0 Å². The van der Waals surface area contributed by atoms with Crippen molar-refractivity contribution in [3.8, 4) is 0 Å². The van der Waals surface area contributed by atoms with E-state index in [4.69, 9.17) is 5.11 Å². The standard InChI is InChI=1S/C20H27FO2/c1-2-3-13-4-5-15-11-16(7-6-14(15)10-13)18-9-8-17(20(22)23)12-19(18)21/h8-9,12-16H,2-7,10-11H2,1H3,(H,22,23). The molecule has 1 N–H and O–H groups in total. The molecule has 1 aromatic rings. The van der Waals surface area contributed by atoms with Gasteiger partial charge in [0.2, 0.25) is 0 Å². The van der Waals surface area contributed by atoms with Crippen LogP contribution in [-0.2, 0) is 0 Å². The predicted molar refractivity (Wildman–Crippen MR) is 89.2 cm³/mol. The fourth-order valence-corrected chi connectivity index (χ4v) is 4.93. The van der Waals surface area contributed by atoms with Crippen LogP contribution in [-0.4, -0.2) is 11.1 Å². The number of carbonyl (C=O) groups is 1. The van der Waals surface area contributed by atoms with Crippen molar-refractivity contribution in [2.45, 2.75) is 64.2 Å². The lowest BCUT2D eigenvalue weighted by Crippen LogP contribution is -2.30. The first-order valence-corrected chi connectivity index (χ1v) is 9.11. The molecule has 3 heteroatoms. The Morgan fingerprint density at radius 1 is 1.17 bits per heavy atom. The van der Waals surface area contributed by atoms with Crippen LogP contribution in [0, 0.1) is 23.6 Å². The second-order valence-corrected chi connectivity index (χ2v) is 7.54. The summed E-state index contributed by atoms with van der Waals surface area (Å²) in [5.41, 5.74) is 0.768. The Morgan fingerprint density at radius 3 is 2.61 bits per heavy atom. The molecule has 126 valence electrons. The lowest BCUT2D eigenvalue weighted by molar-refractivity contribution is 0.0696. The molecule has 2 aliphatic carbocycles. The topological polar surface area (TPSA) is 37.3 Å². The van der Waals surface area contributed by atoms with E-state index in [9.17, 15) is 9.18 Å². The molecule has 0 bridgehead atoms. The van der Waals surface area contributed by atoms with Crippen molar-refractivity contribution in [1.82, 2.24) is 0 Å². The first kappa shape index (κ1) is 16.5. The Kier molecular flexibility index (Phi) is 5.03. The van der Waals surface area contributed by atoms with Gasteiger partial charge in [-0.15, -0.1) is 0 Å². The average Bonchev–Trinajstić information content (AvgIpc) is 2.54. The summed E-state index contributed by atoms with van der Waals surface area (Å²) in [5, 5.41) is 8.97. The van der Waals surface area contributed by atoms with Crippen LogP contribution >= 0.6 is 0 Å². The maximum atomic E-state index is 14.3. The van der Waals surface area contributed by atoms with Crippen LogP contribution in [0.3, 0.4) is 0 Å². The molecule has 2 fully saturated rings. The van der Waals surface area contributed by atoms with Crippen molar-refractivity contribution < 1.29 is 14.3 Å². The summed E-state index contributed by atoms with van der Waals surface area (Å²) in [4.78, 5) is 10.9. The maximum absolute atomic E-state index is 14.3. The highest BCUT2D eigenvalue weighted by molar-refractivity contribution is 5.87. The van der Waals surface area contributed by atoms with Gasteiger partial charge in [0.15, 0.2) is 0 Å². The molecule has 0 saturated heterocycles. The monoisotopic (exact) mass is 318 g/mol. The number of hydrogen-bond acceptors (Lipinski definition) is 1. The number of fused-ring (bicyclic) bond motifs is 1. The van der Waals surface area contributed by atoms with Gasteiger partial charge in [0, 0.05) is 0 Å². The minimum atomic E-state index is -1.06. The van der Waals surface area contributed by atoms with Gasteiger partial charge in [0.05, 0.1) is 5.56 Å². The first-order valence-electron chi connectivity index (χ1n) is 9.11. The molecular weight excluding hydrogens is 291 g/mol. The number of benzene rings is 1. The van der Waals surface area contributed by atoms with E-state index in [1.165, 1.54) is 44.6 Å². The van der Waals surface area contributed by atoms with Gasteiger partial charge in [-0.25, -0.2) is 9.18 Å². The molecule has 0 amide bonds. The van der Waals surface area contributed by atoms with Gasteiger partial charge in [0.1, 0.15) is 5.82 Å². The highest BCUT2D eigenvalue weighted by Crippen LogP contribution is 2.48. The maximum Gasteiger partial charge on any atom is 0.335 e. The third kappa shape index (κ3) is 3.59. The van der Waals surface area contributed by atoms with Gasteiger partial charge in [0.25, 0.3) is 0 Å². The first-order chi connectivity index (χ1) is 11.1. The molecule has 0 heterocycles. The summed E-state index contributed by atoms with van der Waals surface area (Å²) in [6.45, 7) is 2.27. The molecule has 0 radical (unpaired) electrons. The highest BCUT2D eigenvalue weighted by Gasteiger charge is 2.36. The third-order valence-electron chi connectivity index (χ3n) is 6.11. The summed E-state index contributed by atoms with van der Waals surface area (Å²) >= 11 is 0. The fourth-order valence-electron chi connectivity index (χ4n) is 4.93. The van der Waals surface area contributed by atoms with E-state index in [1.54, 1.807) is 12.1 Å². The van der Waals surface area contributed by atoms with Crippen LogP contribution in [0.1, 0.15) is 80.1 Å². The van der Waals surface area contributed by atoms with Gasteiger partial charge >= 0.3 is 5.97 Å². The normalized spacial score (nSPS) is 30.7. The summed E-state index contributed by atoms with van der Waals surface area (Å²) < 4.78 is 14.3. The fraction of sp³-hybridized carbons (Fsp3) is 0.650. The summed E-state index contributed by atoms with van der Waals surface area (Å²) in [5.74, 6) is 1.34. The molecule has 3 rings (SSSR count). The number of carboxylic acids is 1. The average molecular weight is 318 g/mol. The molecule has 0 spiro atoms. The predicted octanol–water partition coefficient (Wildman–Crippen LogP) is 5.62. The van der Waals surface area contributed by atoms with Gasteiger partial charge in [-0.2, -0.15) is 0 Å².